The number of hydrogen-bond donors (Lipinski definition) is 1. The van der Waals surface area contributed by atoms with E-state index in [4.69, 9.17) is 9.47 Å². The van der Waals surface area contributed by atoms with Crippen LogP contribution < -0.4 is 20.3 Å². The maximum atomic E-state index is 12.6. The molecule has 1 aromatic heterocycles. The van der Waals surface area contributed by atoms with Crippen molar-refractivity contribution in [3.05, 3.63) is 81.8 Å². The van der Waals surface area contributed by atoms with Gasteiger partial charge in [0, 0.05) is 17.8 Å². The zero-order valence-corrected chi connectivity index (χ0v) is 15.3. The molecule has 3 aromatic rings. The predicted octanol–water partition coefficient (Wildman–Crippen LogP) is 2.62. The Morgan fingerprint density at radius 2 is 1.79 bits per heavy atom. The highest BCUT2D eigenvalue weighted by Gasteiger charge is 2.15. The zero-order valence-electron chi connectivity index (χ0n) is 15.3. The van der Waals surface area contributed by atoms with Gasteiger partial charge < -0.3 is 14.8 Å². The summed E-state index contributed by atoms with van der Waals surface area (Å²) < 4.78 is 12.3. The van der Waals surface area contributed by atoms with Crippen molar-refractivity contribution < 1.29 is 14.3 Å². The molecule has 0 bridgehead atoms. The number of carbonyl (C=O) groups excluding carboxylic acids is 1. The maximum absolute atomic E-state index is 12.6. The number of carbonyl (C=O) groups is 1. The van der Waals surface area contributed by atoms with Crippen molar-refractivity contribution in [1.82, 2.24) is 9.78 Å². The first-order chi connectivity index (χ1) is 13.6. The van der Waals surface area contributed by atoms with Gasteiger partial charge >= 0.3 is 0 Å². The molecule has 0 saturated carbocycles. The van der Waals surface area contributed by atoms with Gasteiger partial charge in [-0.05, 0) is 30.7 Å². The van der Waals surface area contributed by atoms with Crippen LogP contribution in [-0.4, -0.2) is 28.9 Å². The van der Waals surface area contributed by atoms with Gasteiger partial charge in [0.15, 0.2) is 11.5 Å². The van der Waals surface area contributed by atoms with Crippen molar-refractivity contribution in [2.45, 2.75) is 13.5 Å². The summed E-state index contributed by atoms with van der Waals surface area (Å²) in [6.45, 7) is 3.27. The van der Waals surface area contributed by atoms with Crippen molar-refractivity contribution in [2.75, 3.05) is 18.5 Å². The van der Waals surface area contributed by atoms with Crippen LogP contribution in [0.2, 0.25) is 0 Å². The van der Waals surface area contributed by atoms with Crippen LogP contribution in [-0.2, 0) is 6.54 Å². The fourth-order valence-electron chi connectivity index (χ4n) is 2.87. The summed E-state index contributed by atoms with van der Waals surface area (Å²) in [5, 5.41) is 6.98. The van der Waals surface area contributed by atoms with Crippen molar-refractivity contribution in [3.8, 4) is 11.5 Å². The van der Waals surface area contributed by atoms with E-state index >= 15 is 0 Å². The Kier molecular flexibility index (Phi) is 4.80. The number of aryl methyl sites for hydroxylation is 1. The van der Waals surface area contributed by atoms with E-state index in [0.29, 0.717) is 36.9 Å². The third kappa shape index (κ3) is 3.88. The van der Waals surface area contributed by atoms with Crippen LogP contribution in [0.3, 0.4) is 0 Å². The van der Waals surface area contributed by atoms with E-state index in [1.807, 2.05) is 31.2 Å². The summed E-state index contributed by atoms with van der Waals surface area (Å²) >= 11 is 0. The number of aromatic nitrogens is 2. The Bertz CT molecular complexity index is 1070. The standard InChI is InChI=1S/C21H19N3O4/c1-14-2-4-15(5-3-14)13-24-20(25)9-7-17(23-24)21(26)22-16-6-8-18-19(12-16)28-11-10-27-18/h2-9,12H,10-11,13H2,1H3,(H,22,26). The van der Waals surface area contributed by atoms with Crippen LogP contribution in [0.5, 0.6) is 11.5 Å². The second kappa shape index (κ2) is 7.56. The number of fused-ring (bicyclic) bond motifs is 1. The Labute approximate surface area is 161 Å². The van der Waals surface area contributed by atoms with Crippen LogP contribution in [0, 0.1) is 6.92 Å². The Morgan fingerprint density at radius 3 is 2.57 bits per heavy atom. The lowest BCUT2D eigenvalue weighted by Gasteiger charge is -2.19. The Balaban J connectivity index is 1.53. The van der Waals surface area contributed by atoms with Crippen LogP contribution in [0.25, 0.3) is 0 Å². The molecular formula is C21H19N3O4. The van der Waals surface area contributed by atoms with Crippen molar-refractivity contribution >= 4 is 11.6 Å². The first-order valence-electron chi connectivity index (χ1n) is 8.93. The second-order valence-electron chi connectivity index (χ2n) is 6.51. The molecule has 1 N–H and O–H groups in total. The normalized spacial score (nSPS) is 12.5. The minimum Gasteiger partial charge on any atom is -0.486 e. The number of anilines is 1. The molecule has 0 spiro atoms. The lowest BCUT2D eigenvalue weighted by Crippen LogP contribution is -2.26. The molecule has 4 rings (SSSR count). The Morgan fingerprint density at radius 1 is 1.04 bits per heavy atom. The molecular weight excluding hydrogens is 358 g/mol. The minimum absolute atomic E-state index is 0.154. The van der Waals surface area contributed by atoms with Crippen LogP contribution in [0.1, 0.15) is 21.6 Å². The molecule has 7 heteroatoms. The molecule has 28 heavy (non-hydrogen) atoms. The molecule has 7 nitrogen and oxygen atoms in total. The fourth-order valence-corrected chi connectivity index (χ4v) is 2.87. The van der Waals surface area contributed by atoms with Gasteiger partial charge in [-0.15, -0.1) is 0 Å². The molecule has 0 radical (unpaired) electrons. The molecule has 0 aliphatic carbocycles. The van der Waals surface area contributed by atoms with Gasteiger partial charge in [0.2, 0.25) is 0 Å². The van der Waals surface area contributed by atoms with Gasteiger partial charge in [-0.25, -0.2) is 4.68 Å². The van der Waals surface area contributed by atoms with Gasteiger partial charge in [0.05, 0.1) is 6.54 Å². The van der Waals surface area contributed by atoms with Gasteiger partial charge in [0.25, 0.3) is 11.5 Å². The van der Waals surface area contributed by atoms with Crippen molar-refractivity contribution in [1.29, 1.82) is 0 Å². The lowest BCUT2D eigenvalue weighted by molar-refractivity contribution is 0.102. The molecule has 0 saturated heterocycles. The highest BCUT2D eigenvalue weighted by molar-refractivity contribution is 6.02. The van der Waals surface area contributed by atoms with Gasteiger partial charge in [0.1, 0.15) is 18.9 Å². The fraction of sp³-hybridized carbons (Fsp3) is 0.190. The average molecular weight is 377 g/mol. The molecule has 0 unspecified atom stereocenters. The molecule has 1 aliphatic heterocycles. The summed E-state index contributed by atoms with van der Waals surface area (Å²) in [5.41, 5.74) is 2.52. The van der Waals surface area contributed by atoms with Crippen LogP contribution in [0.4, 0.5) is 5.69 Å². The van der Waals surface area contributed by atoms with Crippen LogP contribution >= 0.6 is 0 Å². The predicted molar refractivity (Wildman–Crippen MR) is 104 cm³/mol. The molecule has 1 amide bonds. The summed E-state index contributed by atoms with van der Waals surface area (Å²) in [5.74, 6) is 0.824. The molecule has 2 heterocycles. The monoisotopic (exact) mass is 377 g/mol. The number of nitrogens with zero attached hydrogens (tertiary/aromatic N) is 2. The number of ether oxygens (including phenoxy) is 2. The molecule has 1 aliphatic rings. The second-order valence-corrected chi connectivity index (χ2v) is 6.51. The highest BCUT2D eigenvalue weighted by atomic mass is 16.6. The summed E-state index contributed by atoms with van der Waals surface area (Å²) in [6.07, 6.45) is 0. The number of benzene rings is 2. The van der Waals surface area contributed by atoms with Gasteiger partial charge in [-0.3, -0.25) is 9.59 Å². The summed E-state index contributed by atoms with van der Waals surface area (Å²) in [7, 11) is 0. The van der Waals surface area contributed by atoms with E-state index in [0.717, 1.165) is 11.1 Å². The topological polar surface area (TPSA) is 82.5 Å². The van der Waals surface area contributed by atoms with Crippen molar-refractivity contribution in [3.63, 3.8) is 0 Å². The first-order valence-corrected chi connectivity index (χ1v) is 8.93. The lowest BCUT2D eigenvalue weighted by atomic mass is 10.1. The van der Waals surface area contributed by atoms with E-state index in [1.54, 1.807) is 18.2 Å². The van der Waals surface area contributed by atoms with Gasteiger partial charge in [-0.2, -0.15) is 5.10 Å². The first kappa shape index (κ1) is 17.8. The minimum atomic E-state index is -0.408. The maximum Gasteiger partial charge on any atom is 0.276 e. The zero-order chi connectivity index (χ0) is 19.5. The van der Waals surface area contributed by atoms with E-state index in [1.165, 1.54) is 16.8 Å². The smallest absolute Gasteiger partial charge is 0.276 e. The summed E-state index contributed by atoms with van der Waals surface area (Å²) in [6, 6.07) is 15.8. The third-order valence-corrected chi connectivity index (χ3v) is 4.35. The third-order valence-electron chi connectivity index (χ3n) is 4.35. The van der Waals surface area contributed by atoms with Gasteiger partial charge in [-0.1, -0.05) is 29.8 Å². The van der Waals surface area contributed by atoms with Crippen molar-refractivity contribution in [2.24, 2.45) is 0 Å². The SMILES string of the molecule is Cc1ccc(Cn2nc(C(=O)Nc3ccc4c(c3)OCCO4)ccc2=O)cc1. The molecule has 0 atom stereocenters. The van der Waals surface area contributed by atoms with Crippen LogP contribution in [0.15, 0.2) is 59.4 Å². The Hall–Kier alpha value is -3.61. The van der Waals surface area contributed by atoms with E-state index in [-0.39, 0.29) is 11.3 Å². The summed E-state index contributed by atoms with van der Waals surface area (Å²) in [4.78, 5) is 24.7. The molecule has 0 fully saturated rings. The number of amides is 1. The number of hydrogen-bond acceptors (Lipinski definition) is 5. The quantitative estimate of drug-likeness (QED) is 0.756. The van der Waals surface area contributed by atoms with E-state index in [9.17, 15) is 9.59 Å². The van der Waals surface area contributed by atoms with E-state index in [2.05, 4.69) is 10.4 Å². The molecule has 142 valence electrons. The largest absolute Gasteiger partial charge is 0.486 e. The molecule has 2 aromatic carbocycles. The highest BCUT2D eigenvalue weighted by Crippen LogP contribution is 2.32. The number of nitrogens with one attached hydrogen (secondary N) is 1. The average Bonchev–Trinajstić information content (AvgIpc) is 2.71. The number of rotatable bonds is 4. The van der Waals surface area contributed by atoms with E-state index < -0.39 is 5.91 Å².